The molecule has 16 heavy (non-hydrogen) atoms. The minimum atomic E-state index is 0.525. The fourth-order valence-electron chi connectivity index (χ4n) is 2.53. The molecule has 0 radical (unpaired) electrons. The lowest BCUT2D eigenvalue weighted by Gasteiger charge is -2.34. The summed E-state index contributed by atoms with van der Waals surface area (Å²) in [5.74, 6) is 0.915. The largest absolute Gasteiger partial charge is 0.307 e. The van der Waals surface area contributed by atoms with Gasteiger partial charge in [-0.25, -0.2) is 0 Å². The summed E-state index contributed by atoms with van der Waals surface area (Å²) in [6.45, 7) is 4.60. The average Bonchev–Trinajstić information content (AvgIpc) is 2.24. The summed E-state index contributed by atoms with van der Waals surface area (Å²) in [6.07, 6.45) is 5.43. The van der Waals surface area contributed by atoms with Crippen molar-refractivity contribution in [2.75, 3.05) is 0 Å². The zero-order valence-electron chi connectivity index (χ0n) is 10.4. The van der Waals surface area contributed by atoms with E-state index in [1.165, 1.54) is 31.2 Å². The van der Waals surface area contributed by atoms with Gasteiger partial charge in [0, 0.05) is 12.1 Å². The molecule has 0 aliphatic heterocycles. The molecule has 0 spiro atoms. The predicted molar refractivity (Wildman–Crippen MR) is 69.4 cm³/mol. The Bertz CT molecular complexity index is 302. The highest BCUT2D eigenvalue weighted by Crippen LogP contribution is 2.31. The highest BCUT2D eigenvalue weighted by atomic mass is 15.0. The van der Waals surface area contributed by atoms with E-state index in [0.717, 1.165) is 5.92 Å². The molecule has 1 aliphatic carbocycles. The Morgan fingerprint density at radius 2 is 1.94 bits per heavy atom. The lowest BCUT2D eigenvalue weighted by molar-refractivity contribution is 0.225. The molecule has 0 saturated heterocycles. The summed E-state index contributed by atoms with van der Waals surface area (Å²) in [5.41, 5.74) is 1.43. The van der Waals surface area contributed by atoms with Crippen LogP contribution in [0.5, 0.6) is 0 Å². The first-order valence-electron chi connectivity index (χ1n) is 6.62. The van der Waals surface area contributed by atoms with Crippen LogP contribution in [0.25, 0.3) is 0 Å². The predicted octanol–water partition coefficient (Wildman–Crippen LogP) is 3.92. The summed E-state index contributed by atoms with van der Waals surface area (Å²) in [5, 5.41) is 3.78. The van der Waals surface area contributed by atoms with Crippen molar-refractivity contribution >= 4 is 0 Å². The molecule has 1 aliphatic rings. The van der Waals surface area contributed by atoms with E-state index in [9.17, 15) is 0 Å². The van der Waals surface area contributed by atoms with Gasteiger partial charge >= 0.3 is 0 Å². The van der Waals surface area contributed by atoms with Gasteiger partial charge in [0.2, 0.25) is 0 Å². The van der Waals surface area contributed by atoms with E-state index in [-0.39, 0.29) is 0 Å². The highest BCUT2D eigenvalue weighted by Gasteiger charge is 2.25. The molecule has 88 valence electrons. The molecule has 1 fully saturated rings. The lowest BCUT2D eigenvalue weighted by atomic mass is 9.80. The molecule has 2 rings (SSSR count). The SMILES string of the molecule is CCC(NC(C)C1CCC1)c1ccccc1. The van der Waals surface area contributed by atoms with Crippen LogP contribution in [0.3, 0.4) is 0 Å². The molecule has 1 heteroatoms. The van der Waals surface area contributed by atoms with Crippen molar-refractivity contribution in [1.29, 1.82) is 0 Å². The van der Waals surface area contributed by atoms with E-state index in [0.29, 0.717) is 12.1 Å². The molecular weight excluding hydrogens is 194 g/mol. The third-order valence-electron chi connectivity index (χ3n) is 3.93. The van der Waals surface area contributed by atoms with Crippen LogP contribution in [0, 0.1) is 5.92 Å². The van der Waals surface area contributed by atoms with Crippen LogP contribution in [0.2, 0.25) is 0 Å². The Morgan fingerprint density at radius 1 is 1.25 bits per heavy atom. The molecule has 1 aromatic rings. The lowest BCUT2D eigenvalue weighted by Crippen LogP contribution is -2.39. The minimum Gasteiger partial charge on any atom is -0.307 e. The molecule has 0 heterocycles. The van der Waals surface area contributed by atoms with Gasteiger partial charge in [0.15, 0.2) is 0 Å². The molecule has 2 atom stereocenters. The topological polar surface area (TPSA) is 12.0 Å². The number of nitrogens with one attached hydrogen (secondary N) is 1. The van der Waals surface area contributed by atoms with Crippen molar-refractivity contribution in [3.63, 3.8) is 0 Å². The maximum Gasteiger partial charge on any atom is 0.0320 e. The Labute approximate surface area is 99.3 Å². The Kier molecular flexibility index (Phi) is 4.00. The van der Waals surface area contributed by atoms with Crippen molar-refractivity contribution in [2.24, 2.45) is 5.92 Å². The van der Waals surface area contributed by atoms with Crippen LogP contribution in [0.4, 0.5) is 0 Å². The van der Waals surface area contributed by atoms with Gasteiger partial charge in [-0.2, -0.15) is 0 Å². The Morgan fingerprint density at radius 3 is 2.44 bits per heavy atom. The molecule has 0 aromatic heterocycles. The van der Waals surface area contributed by atoms with Gasteiger partial charge < -0.3 is 5.32 Å². The van der Waals surface area contributed by atoms with E-state index in [1.807, 2.05) is 0 Å². The highest BCUT2D eigenvalue weighted by molar-refractivity contribution is 5.18. The summed E-state index contributed by atoms with van der Waals surface area (Å²) in [7, 11) is 0. The van der Waals surface area contributed by atoms with E-state index in [4.69, 9.17) is 0 Å². The first kappa shape index (κ1) is 11.7. The molecule has 0 bridgehead atoms. The Hall–Kier alpha value is -0.820. The van der Waals surface area contributed by atoms with E-state index in [2.05, 4.69) is 49.5 Å². The van der Waals surface area contributed by atoms with Gasteiger partial charge in [-0.1, -0.05) is 43.7 Å². The average molecular weight is 217 g/mol. The van der Waals surface area contributed by atoms with Gasteiger partial charge in [0.25, 0.3) is 0 Å². The first-order valence-corrected chi connectivity index (χ1v) is 6.62. The molecular formula is C15H23N. The van der Waals surface area contributed by atoms with E-state index in [1.54, 1.807) is 0 Å². The van der Waals surface area contributed by atoms with Crippen LogP contribution in [0.1, 0.15) is 51.1 Å². The summed E-state index contributed by atoms with van der Waals surface area (Å²) in [4.78, 5) is 0. The maximum atomic E-state index is 3.78. The third-order valence-corrected chi connectivity index (χ3v) is 3.93. The smallest absolute Gasteiger partial charge is 0.0320 e. The molecule has 0 amide bonds. The standard InChI is InChI=1S/C15H23N/c1-3-15(14-8-5-4-6-9-14)16-12(2)13-10-7-11-13/h4-6,8-9,12-13,15-16H,3,7,10-11H2,1-2H3. The van der Waals surface area contributed by atoms with Crippen LogP contribution >= 0.6 is 0 Å². The molecule has 1 saturated carbocycles. The molecule has 1 N–H and O–H groups in total. The number of hydrogen-bond donors (Lipinski definition) is 1. The van der Waals surface area contributed by atoms with E-state index < -0.39 is 0 Å². The Balaban J connectivity index is 1.94. The van der Waals surface area contributed by atoms with Crippen molar-refractivity contribution < 1.29 is 0 Å². The normalized spacial score (nSPS) is 20.1. The number of hydrogen-bond acceptors (Lipinski definition) is 1. The quantitative estimate of drug-likeness (QED) is 0.788. The monoisotopic (exact) mass is 217 g/mol. The molecule has 1 aromatic carbocycles. The van der Waals surface area contributed by atoms with Crippen molar-refractivity contribution in [2.45, 2.75) is 51.6 Å². The second-order valence-electron chi connectivity index (χ2n) is 5.02. The van der Waals surface area contributed by atoms with Crippen LogP contribution in [-0.4, -0.2) is 6.04 Å². The van der Waals surface area contributed by atoms with Crippen LogP contribution < -0.4 is 5.32 Å². The van der Waals surface area contributed by atoms with E-state index >= 15 is 0 Å². The van der Waals surface area contributed by atoms with Gasteiger partial charge in [-0.3, -0.25) is 0 Å². The zero-order valence-corrected chi connectivity index (χ0v) is 10.4. The van der Waals surface area contributed by atoms with Gasteiger partial charge in [0.1, 0.15) is 0 Å². The van der Waals surface area contributed by atoms with Gasteiger partial charge in [-0.15, -0.1) is 0 Å². The fourth-order valence-corrected chi connectivity index (χ4v) is 2.53. The molecule has 1 nitrogen and oxygen atoms in total. The summed E-state index contributed by atoms with van der Waals surface area (Å²) >= 11 is 0. The van der Waals surface area contributed by atoms with Crippen molar-refractivity contribution in [1.82, 2.24) is 5.32 Å². The zero-order chi connectivity index (χ0) is 11.4. The van der Waals surface area contributed by atoms with Crippen LogP contribution in [0.15, 0.2) is 30.3 Å². The van der Waals surface area contributed by atoms with Crippen molar-refractivity contribution in [3.05, 3.63) is 35.9 Å². The third kappa shape index (κ3) is 2.65. The minimum absolute atomic E-state index is 0.525. The summed E-state index contributed by atoms with van der Waals surface area (Å²) < 4.78 is 0. The maximum absolute atomic E-state index is 3.78. The number of benzene rings is 1. The second kappa shape index (κ2) is 5.49. The second-order valence-corrected chi connectivity index (χ2v) is 5.02. The fraction of sp³-hybridized carbons (Fsp3) is 0.600. The number of rotatable bonds is 5. The van der Waals surface area contributed by atoms with Crippen molar-refractivity contribution in [3.8, 4) is 0 Å². The van der Waals surface area contributed by atoms with Gasteiger partial charge in [0.05, 0.1) is 0 Å². The van der Waals surface area contributed by atoms with Gasteiger partial charge in [-0.05, 0) is 37.7 Å². The first-order chi connectivity index (χ1) is 7.81. The molecule has 2 unspecified atom stereocenters. The summed E-state index contributed by atoms with van der Waals surface area (Å²) in [6, 6.07) is 12.0. The van der Waals surface area contributed by atoms with Crippen LogP contribution in [-0.2, 0) is 0 Å².